The van der Waals surface area contributed by atoms with Gasteiger partial charge in [-0.2, -0.15) is 0 Å². The summed E-state index contributed by atoms with van der Waals surface area (Å²) in [6.45, 7) is 0.621. The third-order valence-electron chi connectivity index (χ3n) is 2.80. The lowest BCUT2D eigenvalue weighted by Crippen LogP contribution is -2.22. The van der Waals surface area contributed by atoms with E-state index < -0.39 is 0 Å². The Labute approximate surface area is 111 Å². The Morgan fingerprint density at radius 1 is 1.53 bits per heavy atom. The van der Waals surface area contributed by atoms with Gasteiger partial charge in [0.15, 0.2) is 5.84 Å². The molecule has 0 saturated heterocycles. The zero-order valence-electron chi connectivity index (χ0n) is 10.9. The SMILES string of the molecule is CN(Cc1nccn1C)c1cccc(C(N)=NO)n1. The second kappa shape index (κ2) is 5.38. The smallest absolute Gasteiger partial charge is 0.188 e. The lowest BCUT2D eigenvalue weighted by molar-refractivity contribution is 0.318. The third-order valence-corrected chi connectivity index (χ3v) is 2.80. The van der Waals surface area contributed by atoms with Crippen LogP contribution in [0.4, 0.5) is 5.82 Å². The van der Waals surface area contributed by atoms with Crippen molar-refractivity contribution in [2.75, 3.05) is 11.9 Å². The van der Waals surface area contributed by atoms with Gasteiger partial charge in [-0.25, -0.2) is 9.97 Å². The van der Waals surface area contributed by atoms with Gasteiger partial charge >= 0.3 is 0 Å². The van der Waals surface area contributed by atoms with Crippen LogP contribution in [0.1, 0.15) is 11.5 Å². The molecule has 7 heteroatoms. The van der Waals surface area contributed by atoms with Crippen molar-refractivity contribution in [1.29, 1.82) is 0 Å². The van der Waals surface area contributed by atoms with Crippen LogP contribution >= 0.6 is 0 Å². The van der Waals surface area contributed by atoms with Gasteiger partial charge in [0.25, 0.3) is 0 Å². The molecule has 0 radical (unpaired) electrons. The maximum Gasteiger partial charge on any atom is 0.188 e. The number of imidazole rings is 1. The second-order valence-electron chi connectivity index (χ2n) is 4.18. The molecule has 2 aromatic rings. The van der Waals surface area contributed by atoms with E-state index in [0.29, 0.717) is 12.2 Å². The molecule has 0 bridgehead atoms. The summed E-state index contributed by atoms with van der Waals surface area (Å²) in [7, 11) is 3.85. The summed E-state index contributed by atoms with van der Waals surface area (Å²) in [4.78, 5) is 10.5. The van der Waals surface area contributed by atoms with E-state index in [2.05, 4.69) is 15.1 Å². The molecule has 0 fully saturated rings. The third kappa shape index (κ3) is 2.82. The van der Waals surface area contributed by atoms with E-state index in [4.69, 9.17) is 10.9 Å². The molecule has 0 atom stereocenters. The Morgan fingerprint density at radius 3 is 2.95 bits per heavy atom. The van der Waals surface area contributed by atoms with Crippen molar-refractivity contribution in [2.24, 2.45) is 17.9 Å². The highest BCUT2D eigenvalue weighted by molar-refractivity contribution is 5.95. The number of amidine groups is 1. The molecule has 7 nitrogen and oxygen atoms in total. The fraction of sp³-hybridized carbons (Fsp3) is 0.250. The van der Waals surface area contributed by atoms with Gasteiger partial charge in [-0.3, -0.25) is 0 Å². The zero-order valence-corrected chi connectivity index (χ0v) is 10.9. The summed E-state index contributed by atoms with van der Waals surface area (Å²) in [5, 5.41) is 11.6. The molecule has 0 aliphatic carbocycles. The minimum Gasteiger partial charge on any atom is -0.409 e. The van der Waals surface area contributed by atoms with E-state index in [-0.39, 0.29) is 5.84 Å². The molecule has 2 aromatic heterocycles. The largest absolute Gasteiger partial charge is 0.409 e. The van der Waals surface area contributed by atoms with Crippen LogP contribution in [0.15, 0.2) is 35.7 Å². The highest BCUT2D eigenvalue weighted by Gasteiger charge is 2.09. The predicted octanol–water partition coefficient (Wildman–Crippen LogP) is 0.546. The van der Waals surface area contributed by atoms with Crippen LogP contribution in [0.25, 0.3) is 0 Å². The molecule has 0 aromatic carbocycles. The lowest BCUT2D eigenvalue weighted by atomic mass is 10.3. The first-order valence-corrected chi connectivity index (χ1v) is 5.74. The second-order valence-corrected chi connectivity index (χ2v) is 4.18. The van der Waals surface area contributed by atoms with Gasteiger partial charge in [-0.1, -0.05) is 11.2 Å². The van der Waals surface area contributed by atoms with Gasteiger partial charge in [0.05, 0.1) is 6.54 Å². The summed E-state index contributed by atoms with van der Waals surface area (Å²) in [6, 6.07) is 5.36. The number of aryl methyl sites for hydroxylation is 1. The number of hydrogen-bond donors (Lipinski definition) is 2. The molecule has 2 rings (SSSR count). The number of nitrogens with zero attached hydrogens (tertiary/aromatic N) is 5. The predicted molar refractivity (Wildman–Crippen MR) is 72.1 cm³/mol. The van der Waals surface area contributed by atoms with Crippen molar-refractivity contribution in [3.8, 4) is 0 Å². The van der Waals surface area contributed by atoms with E-state index in [1.807, 2.05) is 41.9 Å². The van der Waals surface area contributed by atoms with E-state index in [9.17, 15) is 0 Å². The number of aromatic nitrogens is 3. The summed E-state index contributed by atoms with van der Waals surface area (Å²) in [5.41, 5.74) is 5.96. The fourth-order valence-electron chi connectivity index (χ4n) is 1.67. The minimum atomic E-state index is -0.00718. The number of hydrogen-bond acceptors (Lipinski definition) is 5. The highest BCUT2D eigenvalue weighted by atomic mass is 16.4. The number of pyridine rings is 1. The highest BCUT2D eigenvalue weighted by Crippen LogP contribution is 2.12. The molecule has 0 spiro atoms. The van der Waals surface area contributed by atoms with Crippen LogP contribution in [0.5, 0.6) is 0 Å². The average Bonchev–Trinajstić information content (AvgIpc) is 2.83. The first-order chi connectivity index (χ1) is 9.11. The molecule has 0 unspecified atom stereocenters. The number of oxime groups is 1. The molecule has 2 heterocycles. The van der Waals surface area contributed by atoms with E-state index in [1.54, 1.807) is 12.3 Å². The van der Waals surface area contributed by atoms with E-state index in [0.717, 1.165) is 11.6 Å². The van der Waals surface area contributed by atoms with E-state index >= 15 is 0 Å². The average molecular weight is 260 g/mol. The van der Waals surface area contributed by atoms with Crippen LogP contribution in [-0.2, 0) is 13.6 Å². The summed E-state index contributed by atoms with van der Waals surface area (Å²) >= 11 is 0. The Hall–Kier alpha value is -2.57. The zero-order chi connectivity index (χ0) is 13.8. The number of nitrogens with two attached hydrogens (primary N) is 1. The standard InChI is InChI=1S/C12H16N6O/c1-17-7-6-14-11(17)8-18(2)10-5-3-4-9(15-10)12(13)16-19/h3-7,19H,8H2,1-2H3,(H2,13,16). The lowest BCUT2D eigenvalue weighted by Gasteiger charge is -2.18. The van der Waals surface area contributed by atoms with E-state index in [1.165, 1.54) is 0 Å². The molecular weight excluding hydrogens is 244 g/mol. The molecule has 19 heavy (non-hydrogen) atoms. The Morgan fingerprint density at radius 2 is 2.32 bits per heavy atom. The van der Waals surface area contributed by atoms with Crippen LogP contribution in [0, 0.1) is 0 Å². The first kappa shape index (κ1) is 12.9. The van der Waals surface area contributed by atoms with Gasteiger partial charge in [-0.05, 0) is 12.1 Å². The van der Waals surface area contributed by atoms with Gasteiger partial charge < -0.3 is 20.4 Å². The molecular formula is C12H16N6O. The van der Waals surface area contributed by atoms with Gasteiger partial charge in [0, 0.05) is 26.5 Å². The molecule has 0 amide bonds. The maximum absolute atomic E-state index is 8.66. The van der Waals surface area contributed by atoms with Crippen molar-refractivity contribution in [2.45, 2.75) is 6.54 Å². The van der Waals surface area contributed by atoms with Crippen molar-refractivity contribution in [3.63, 3.8) is 0 Å². The van der Waals surface area contributed by atoms with Gasteiger partial charge in [0.1, 0.15) is 17.3 Å². The molecule has 0 saturated carbocycles. The number of rotatable bonds is 4. The van der Waals surface area contributed by atoms with Gasteiger partial charge in [0.2, 0.25) is 0 Å². The van der Waals surface area contributed by atoms with Crippen LogP contribution in [0.2, 0.25) is 0 Å². The van der Waals surface area contributed by atoms with Crippen molar-refractivity contribution >= 4 is 11.7 Å². The summed E-state index contributed by atoms with van der Waals surface area (Å²) < 4.78 is 1.95. The topological polar surface area (TPSA) is 92.6 Å². The van der Waals surface area contributed by atoms with Crippen LogP contribution in [0.3, 0.4) is 0 Å². The first-order valence-electron chi connectivity index (χ1n) is 5.74. The van der Waals surface area contributed by atoms with Gasteiger partial charge in [-0.15, -0.1) is 0 Å². The maximum atomic E-state index is 8.66. The molecule has 0 aliphatic rings. The van der Waals surface area contributed by atoms with Crippen LogP contribution in [-0.4, -0.2) is 32.6 Å². The Bertz CT molecular complexity index is 591. The minimum absolute atomic E-state index is 0.00718. The summed E-state index contributed by atoms with van der Waals surface area (Å²) in [5.74, 6) is 1.65. The molecule has 0 aliphatic heterocycles. The Kier molecular flexibility index (Phi) is 3.65. The van der Waals surface area contributed by atoms with Crippen molar-refractivity contribution < 1.29 is 5.21 Å². The quantitative estimate of drug-likeness (QED) is 0.362. The summed E-state index contributed by atoms with van der Waals surface area (Å²) in [6.07, 6.45) is 3.65. The normalized spacial score (nSPS) is 11.6. The molecule has 100 valence electrons. The Balaban J connectivity index is 2.20. The van der Waals surface area contributed by atoms with Crippen molar-refractivity contribution in [3.05, 3.63) is 42.1 Å². The monoisotopic (exact) mass is 260 g/mol. The molecule has 3 N–H and O–H groups in total. The van der Waals surface area contributed by atoms with Crippen LogP contribution < -0.4 is 10.6 Å². The fourth-order valence-corrected chi connectivity index (χ4v) is 1.67. The number of anilines is 1. The van der Waals surface area contributed by atoms with Crippen molar-refractivity contribution in [1.82, 2.24) is 14.5 Å².